The number of carbonyl (C=O) groups excluding carboxylic acids is 3. The van der Waals surface area contributed by atoms with Crippen molar-refractivity contribution in [1.82, 2.24) is 0 Å². The lowest BCUT2D eigenvalue weighted by Gasteiger charge is -2.59. The zero-order valence-electron chi connectivity index (χ0n) is 44.0. The molecule has 0 amide bonds. The highest BCUT2D eigenvalue weighted by Gasteiger charge is 2.58. The van der Waals surface area contributed by atoms with Gasteiger partial charge in [0.15, 0.2) is 0 Å². The van der Waals surface area contributed by atoms with Crippen molar-refractivity contribution in [3.8, 4) is 0 Å². The van der Waals surface area contributed by atoms with E-state index in [9.17, 15) is 14.4 Å². The summed E-state index contributed by atoms with van der Waals surface area (Å²) in [6.07, 6.45) is 18.1. The molecule has 0 rings (SSSR count). The van der Waals surface area contributed by atoms with E-state index in [1.807, 2.05) is 0 Å². The molecule has 0 aliphatic heterocycles. The minimum Gasteiger partial charge on any atom is -0.360 e. The fourth-order valence-electron chi connectivity index (χ4n) is 14.3. The lowest BCUT2D eigenvalue weighted by atomic mass is 9.45. The maximum atomic E-state index is 14.8. The van der Waals surface area contributed by atoms with Crippen molar-refractivity contribution in [2.75, 3.05) is 0 Å². The van der Waals surface area contributed by atoms with Crippen molar-refractivity contribution in [3.05, 3.63) is 0 Å². The van der Waals surface area contributed by atoms with Gasteiger partial charge in [0.25, 0.3) is 0 Å². The SMILES string of the molecule is CCCCC(C)C(C(=O)OC(=O)OC(=O)C(C(C)CCCC)C(C)C(C(C)CCCC)(C(C)CCCC)C(C)(C)C)C(C)C(C(C)CCCC)(C(C)CCCC)C(C)(C)C. The molecule has 10 unspecified atom stereocenters. The van der Waals surface area contributed by atoms with Crippen molar-refractivity contribution < 1.29 is 23.9 Å². The maximum absolute atomic E-state index is 14.8. The molecule has 0 saturated heterocycles. The van der Waals surface area contributed by atoms with Gasteiger partial charge in [-0.1, -0.05) is 241 Å². The van der Waals surface area contributed by atoms with Gasteiger partial charge in [-0.3, -0.25) is 9.59 Å². The van der Waals surface area contributed by atoms with Crippen LogP contribution in [0, 0.1) is 80.8 Å². The molecule has 0 heterocycles. The van der Waals surface area contributed by atoms with Gasteiger partial charge in [-0.25, -0.2) is 4.79 Å². The summed E-state index contributed by atoms with van der Waals surface area (Å²) in [5, 5.41) is 0. The number of rotatable bonds is 30. The van der Waals surface area contributed by atoms with Crippen LogP contribution in [0.15, 0.2) is 0 Å². The number of carbonyl (C=O) groups is 3. The number of unbranched alkanes of at least 4 members (excludes halogenated alkanes) is 6. The topological polar surface area (TPSA) is 69.7 Å². The molecule has 356 valence electrons. The number of hydrogen-bond acceptors (Lipinski definition) is 5. The Hall–Kier alpha value is -1.39. The second kappa shape index (κ2) is 27.7. The lowest BCUT2D eigenvalue weighted by Crippen LogP contribution is -2.55. The second-order valence-corrected chi connectivity index (χ2v) is 22.5. The Morgan fingerprint density at radius 2 is 0.600 bits per heavy atom. The molecular weight excluding hydrogens is 741 g/mol. The van der Waals surface area contributed by atoms with E-state index in [0.717, 1.165) is 116 Å². The lowest BCUT2D eigenvalue weighted by molar-refractivity contribution is -0.168. The minimum atomic E-state index is -1.15. The summed E-state index contributed by atoms with van der Waals surface area (Å²) in [5.41, 5.74) is -0.635. The summed E-state index contributed by atoms with van der Waals surface area (Å²) in [6, 6.07) is 0. The average molecular weight is 847 g/mol. The first kappa shape index (κ1) is 58.6. The van der Waals surface area contributed by atoms with Crippen LogP contribution in [-0.2, 0) is 19.1 Å². The van der Waals surface area contributed by atoms with Gasteiger partial charge in [0, 0.05) is 0 Å². The molecule has 10 atom stereocenters. The van der Waals surface area contributed by atoms with E-state index < -0.39 is 29.9 Å². The first-order valence-electron chi connectivity index (χ1n) is 25.9. The second-order valence-electron chi connectivity index (χ2n) is 22.5. The van der Waals surface area contributed by atoms with Crippen molar-refractivity contribution in [2.45, 2.75) is 254 Å². The fraction of sp³-hybridized carbons (Fsp3) is 0.945. The molecule has 0 bridgehead atoms. The predicted octanol–water partition coefficient (Wildman–Crippen LogP) is 17.7. The first-order chi connectivity index (χ1) is 27.9. The Bertz CT molecular complexity index is 1070. The van der Waals surface area contributed by atoms with E-state index in [0.29, 0.717) is 23.7 Å². The van der Waals surface area contributed by atoms with Crippen LogP contribution in [0.4, 0.5) is 4.79 Å². The molecule has 0 radical (unpaired) electrons. The minimum absolute atomic E-state index is 0.00196. The third-order valence-corrected chi connectivity index (χ3v) is 16.6. The molecule has 5 nitrogen and oxygen atoms in total. The van der Waals surface area contributed by atoms with E-state index in [2.05, 4.69) is 138 Å². The van der Waals surface area contributed by atoms with Crippen molar-refractivity contribution in [2.24, 2.45) is 80.8 Å². The van der Waals surface area contributed by atoms with Gasteiger partial charge in [-0.15, -0.1) is 0 Å². The van der Waals surface area contributed by atoms with Crippen LogP contribution in [0.1, 0.15) is 254 Å². The number of esters is 2. The third-order valence-electron chi connectivity index (χ3n) is 16.6. The molecule has 5 heteroatoms. The summed E-state index contributed by atoms with van der Waals surface area (Å²) >= 11 is 0. The molecule has 0 fully saturated rings. The fourth-order valence-corrected chi connectivity index (χ4v) is 14.3. The summed E-state index contributed by atoms with van der Waals surface area (Å²) in [4.78, 5) is 43.8. The average Bonchev–Trinajstić information content (AvgIpc) is 3.15. The van der Waals surface area contributed by atoms with Gasteiger partial charge in [-0.05, 0) is 81.8 Å². The summed E-state index contributed by atoms with van der Waals surface area (Å²) in [5.74, 6) is -0.803. The maximum Gasteiger partial charge on any atom is 0.524 e. The first-order valence-corrected chi connectivity index (χ1v) is 25.9. The van der Waals surface area contributed by atoms with E-state index in [-0.39, 0.29) is 45.3 Å². The monoisotopic (exact) mass is 847 g/mol. The molecular formula is C55H106O5. The Morgan fingerprint density at radius 1 is 0.383 bits per heavy atom. The van der Waals surface area contributed by atoms with E-state index in [4.69, 9.17) is 9.47 Å². The van der Waals surface area contributed by atoms with Crippen LogP contribution in [0.3, 0.4) is 0 Å². The standard InChI is InChI=1S/C55H106O5/c1-21-27-33-39(7)47(45(13)54(52(15,16)17,41(9)35-29-23-3)42(10)36-30-24-4)49(56)59-51(58)60-50(57)48(40(8)34-28-22-2)46(14)55(53(18,19)20,43(11)37-31-25-5)44(12)38-32-26-6/h39-48H,21-38H2,1-20H3. The molecule has 0 aliphatic carbocycles. The Kier molecular flexibility index (Phi) is 27.1. The van der Waals surface area contributed by atoms with Gasteiger partial charge >= 0.3 is 18.1 Å². The van der Waals surface area contributed by atoms with Crippen molar-refractivity contribution in [3.63, 3.8) is 0 Å². The van der Waals surface area contributed by atoms with Gasteiger partial charge in [0.1, 0.15) is 0 Å². The summed E-state index contributed by atoms with van der Waals surface area (Å²) in [7, 11) is 0. The molecule has 0 aromatic heterocycles. The van der Waals surface area contributed by atoms with Crippen LogP contribution in [0.25, 0.3) is 0 Å². The zero-order chi connectivity index (χ0) is 46.6. The van der Waals surface area contributed by atoms with Gasteiger partial charge < -0.3 is 9.47 Å². The third kappa shape index (κ3) is 14.8. The molecule has 0 aromatic carbocycles. The van der Waals surface area contributed by atoms with Crippen LogP contribution >= 0.6 is 0 Å². The van der Waals surface area contributed by atoms with Crippen molar-refractivity contribution >= 4 is 18.1 Å². The molecule has 0 saturated carbocycles. The number of ether oxygens (including phenoxy) is 2. The van der Waals surface area contributed by atoms with Crippen molar-refractivity contribution in [1.29, 1.82) is 0 Å². The Labute approximate surface area is 375 Å². The normalized spacial score (nSPS) is 19.7. The van der Waals surface area contributed by atoms with Crippen LogP contribution in [0.5, 0.6) is 0 Å². The summed E-state index contributed by atoms with van der Waals surface area (Å²) < 4.78 is 11.7. The Balaban J connectivity index is 7.44. The van der Waals surface area contributed by atoms with Gasteiger partial charge in [0.05, 0.1) is 11.8 Å². The highest BCUT2D eigenvalue weighted by atomic mass is 16.8. The van der Waals surface area contributed by atoms with Crippen LogP contribution in [0.2, 0.25) is 0 Å². The predicted molar refractivity (Wildman–Crippen MR) is 259 cm³/mol. The molecule has 0 aliphatic rings. The quantitative estimate of drug-likeness (QED) is 0.0532. The molecule has 60 heavy (non-hydrogen) atoms. The van der Waals surface area contributed by atoms with E-state index in [1.165, 1.54) is 0 Å². The Morgan fingerprint density at radius 3 is 0.800 bits per heavy atom. The van der Waals surface area contributed by atoms with E-state index in [1.54, 1.807) is 0 Å². The molecule has 0 aromatic rings. The van der Waals surface area contributed by atoms with Crippen LogP contribution < -0.4 is 0 Å². The largest absolute Gasteiger partial charge is 0.524 e. The smallest absolute Gasteiger partial charge is 0.360 e. The molecule has 0 N–H and O–H groups in total. The highest BCUT2D eigenvalue weighted by molar-refractivity contribution is 5.90. The zero-order valence-corrected chi connectivity index (χ0v) is 44.0. The van der Waals surface area contributed by atoms with Gasteiger partial charge in [0.2, 0.25) is 0 Å². The highest BCUT2D eigenvalue weighted by Crippen LogP contribution is 2.62. The number of hydrogen-bond donors (Lipinski definition) is 0. The molecule has 0 spiro atoms. The van der Waals surface area contributed by atoms with Gasteiger partial charge in [-0.2, -0.15) is 0 Å². The van der Waals surface area contributed by atoms with E-state index >= 15 is 0 Å². The van der Waals surface area contributed by atoms with Crippen LogP contribution in [-0.4, -0.2) is 18.1 Å². The summed E-state index contributed by atoms with van der Waals surface area (Å²) in [6.45, 7) is 46.2.